The summed E-state index contributed by atoms with van der Waals surface area (Å²) < 4.78 is 21.7. The second kappa shape index (κ2) is 8.84. The highest BCUT2D eigenvalue weighted by atomic mass is 19.1. The van der Waals surface area contributed by atoms with Crippen LogP contribution < -0.4 is 0 Å². The molecule has 1 aromatic carbocycles. The summed E-state index contributed by atoms with van der Waals surface area (Å²) in [6.07, 6.45) is 9.37. The van der Waals surface area contributed by atoms with Crippen molar-refractivity contribution in [2.75, 3.05) is 13.7 Å². The van der Waals surface area contributed by atoms with Crippen molar-refractivity contribution in [3.63, 3.8) is 0 Å². The van der Waals surface area contributed by atoms with Crippen molar-refractivity contribution < 1.29 is 19.0 Å². The highest BCUT2D eigenvalue weighted by Crippen LogP contribution is 2.68. The van der Waals surface area contributed by atoms with Gasteiger partial charge in [-0.05, 0) is 118 Å². The lowest BCUT2D eigenvalue weighted by Crippen LogP contribution is -2.58. The van der Waals surface area contributed by atoms with Crippen LogP contribution in [0.2, 0.25) is 0 Å². The van der Waals surface area contributed by atoms with Crippen LogP contribution in [-0.4, -0.2) is 45.2 Å². The maximum Gasteiger partial charge on any atom is 0.157 e. The number of halogens is 1. The predicted molar refractivity (Wildman–Crippen MR) is 139 cm³/mol. The molecule has 8 atom stereocenters. The molecule has 4 fully saturated rings. The number of ether oxygens (including phenoxy) is 1. The Morgan fingerprint density at radius 1 is 1.14 bits per heavy atom. The minimum atomic E-state index is -0.560. The van der Waals surface area contributed by atoms with Gasteiger partial charge in [0.1, 0.15) is 17.9 Å². The van der Waals surface area contributed by atoms with Gasteiger partial charge in [0.15, 0.2) is 5.78 Å². The lowest BCUT2D eigenvalue weighted by molar-refractivity contribution is -0.175. The first kappa shape index (κ1) is 25.4. The molecule has 4 saturated carbocycles. The first-order valence-corrected chi connectivity index (χ1v) is 14.3. The van der Waals surface area contributed by atoms with E-state index in [4.69, 9.17) is 4.74 Å². The summed E-state index contributed by atoms with van der Waals surface area (Å²) in [6.45, 7) is 7.04. The number of carbonyl (C=O) groups excluding carboxylic acids is 1. The number of nitrogens with zero attached hydrogens (tertiary/aromatic N) is 3. The second-order valence-electron chi connectivity index (χ2n) is 13.5. The summed E-state index contributed by atoms with van der Waals surface area (Å²) in [5.41, 5.74) is 1.36. The Kier molecular flexibility index (Phi) is 6.07. The van der Waals surface area contributed by atoms with Crippen LogP contribution in [0.3, 0.4) is 0 Å². The SMILES string of the molecule is COC[C@]12CC[C@@](C)(O)C[C@@H]1CC[C@H]1[C@@H]3CC[C@H](C(=O)Cn4nnc5cc(C)c(F)cc54)[C@@]3(C)CC[C@@H]12. The van der Waals surface area contributed by atoms with Crippen molar-refractivity contribution in [3.8, 4) is 0 Å². The lowest BCUT2D eigenvalue weighted by Gasteiger charge is -2.62. The van der Waals surface area contributed by atoms with Gasteiger partial charge in [-0.25, -0.2) is 9.07 Å². The molecule has 0 spiro atoms. The normalized spacial score (nSPS) is 41.3. The van der Waals surface area contributed by atoms with E-state index in [9.17, 15) is 14.3 Å². The number of aromatic nitrogens is 3. The molecular formula is C30H42FN3O3. The molecule has 0 amide bonds. The summed E-state index contributed by atoms with van der Waals surface area (Å²) in [6, 6.07) is 3.15. The number of carbonyl (C=O) groups is 1. The zero-order valence-corrected chi connectivity index (χ0v) is 22.8. The molecule has 7 heteroatoms. The standard InChI is InChI=1S/C30H42FN3O3/c1-18-13-25-26(14-24(18)31)34(33-32-25)16-27(35)23-8-7-21-20-6-5-19-15-28(2,36)11-12-30(19,17-37-4)22(20)9-10-29(21,23)3/h13-14,19-23,36H,5-12,15-17H2,1-4H3/t19-,20-,21-,22-,23+,28+,29-,30+/m0/s1. The van der Waals surface area contributed by atoms with Crippen LogP contribution in [0, 0.1) is 53.2 Å². The Hall–Kier alpha value is -1.86. The summed E-state index contributed by atoms with van der Waals surface area (Å²) in [5.74, 6) is 2.23. The molecule has 0 unspecified atom stereocenters. The van der Waals surface area contributed by atoms with Crippen LogP contribution in [0.25, 0.3) is 11.0 Å². The van der Waals surface area contributed by atoms with Gasteiger partial charge in [-0.2, -0.15) is 0 Å². The van der Waals surface area contributed by atoms with Crippen molar-refractivity contribution in [3.05, 3.63) is 23.5 Å². The number of aliphatic hydroxyl groups is 1. The van der Waals surface area contributed by atoms with Crippen LogP contribution in [0.4, 0.5) is 4.39 Å². The van der Waals surface area contributed by atoms with E-state index < -0.39 is 5.60 Å². The van der Waals surface area contributed by atoms with Crippen molar-refractivity contribution in [2.45, 2.75) is 90.7 Å². The number of ketones is 1. The smallest absolute Gasteiger partial charge is 0.157 e. The highest BCUT2D eigenvalue weighted by molar-refractivity contribution is 5.84. The summed E-state index contributed by atoms with van der Waals surface area (Å²) in [4.78, 5) is 13.8. The van der Waals surface area contributed by atoms with E-state index in [2.05, 4.69) is 17.2 Å². The van der Waals surface area contributed by atoms with Gasteiger partial charge in [0.05, 0.1) is 17.7 Å². The van der Waals surface area contributed by atoms with Crippen LogP contribution in [0.1, 0.15) is 77.2 Å². The molecule has 1 aromatic heterocycles. The van der Waals surface area contributed by atoms with Crippen LogP contribution in [0.5, 0.6) is 0 Å². The van der Waals surface area contributed by atoms with Gasteiger partial charge < -0.3 is 9.84 Å². The van der Waals surface area contributed by atoms with Gasteiger partial charge in [0.25, 0.3) is 0 Å². The fourth-order valence-electron chi connectivity index (χ4n) is 9.78. The number of benzene rings is 1. The minimum Gasteiger partial charge on any atom is -0.390 e. The summed E-state index contributed by atoms with van der Waals surface area (Å²) >= 11 is 0. The van der Waals surface area contributed by atoms with E-state index in [0.717, 1.165) is 58.0 Å². The van der Waals surface area contributed by atoms with Gasteiger partial charge in [-0.3, -0.25) is 4.79 Å². The number of hydrogen-bond acceptors (Lipinski definition) is 5. The van der Waals surface area contributed by atoms with Crippen LogP contribution >= 0.6 is 0 Å². The molecule has 4 aliphatic carbocycles. The van der Waals surface area contributed by atoms with E-state index in [-0.39, 0.29) is 34.9 Å². The number of rotatable bonds is 5. The average molecular weight is 512 g/mol. The number of fused-ring (bicyclic) bond motifs is 6. The maximum atomic E-state index is 14.3. The number of aryl methyl sites for hydroxylation is 1. The zero-order valence-electron chi connectivity index (χ0n) is 22.8. The number of hydrogen-bond donors (Lipinski definition) is 1. The number of Topliss-reactive ketones (excluding diaryl/α,β-unsaturated/α-hetero) is 1. The van der Waals surface area contributed by atoms with Crippen LogP contribution in [0.15, 0.2) is 12.1 Å². The summed E-state index contributed by atoms with van der Waals surface area (Å²) in [5, 5.41) is 19.3. The monoisotopic (exact) mass is 511 g/mol. The largest absolute Gasteiger partial charge is 0.390 e. The first-order valence-electron chi connectivity index (χ1n) is 14.3. The van der Waals surface area contributed by atoms with Gasteiger partial charge in [-0.1, -0.05) is 12.1 Å². The fraction of sp³-hybridized carbons (Fsp3) is 0.767. The molecule has 6 rings (SSSR count). The van der Waals surface area contributed by atoms with E-state index in [1.165, 1.54) is 12.5 Å². The molecule has 0 bridgehead atoms. The highest BCUT2D eigenvalue weighted by Gasteiger charge is 2.63. The molecule has 0 saturated heterocycles. The van der Waals surface area contributed by atoms with E-state index in [0.29, 0.717) is 40.3 Å². The Bertz CT molecular complexity index is 1210. The summed E-state index contributed by atoms with van der Waals surface area (Å²) in [7, 11) is 1.83. The minimum absolute atomic E-state index is 0.00225. The Morgan fingerprint density at radius 3 is 2.73 bits per heavy atom. The molecule has 1 N–H and O–H groups in total. The molecule has 6 nitrogen and oxygen atoms in total. The zero-order chi connectivity index (χ0) is 26.2. The van der Waals surface area contributed by atoms with Crippen molar-refractivity contribution in [1.82, 2.24) is 15.0 Å². The maximum absolute atomic E-state index is 14.3. The van der Waals surface area contributed by atoms with Gasteiger partial charge >= 0.3 is 0 Å². The molecule has 4 aliphatic rings. The first-order chi connectivity index (χ1) is 17.6. The topological polar surface area (TPSA) is 77.2 Å². The number of methoxy groups -OCH3 is 1. The van der Waals surface area contributed by atoms with E-state index in [1.807, 2.05) is 14.0 Å². The van der Waals surface area contributed by atoms with E-state index >= 15 is 0 Å². The molecule has 2 aromatic rings. The van der Waals surface area contributed by atoms with Gasteiger partial charge in [0, 0.05) is 19.1 Å². The van der Waals surface area contributed by atoms with Crippen molar-refractivity contribution in [2.24, 2.45) is 40.4 Å². The molecule has 37 heavy (non-hydrogen) atoms. The van der Waals surface area contributed by atoms with Crippen molar-refractivity contribution >= 4 is 16.8 Å². The predicted octanol–water partition coefficient (Wildman–Crippen LogP) is 5.48. The van der Waals surface area contributed by atoms with Gasteiger partial charge in [0.2, 0.25) is 0 Å². The Morgan fingerprint density at radius 2 is 1.95 bits per heavy atom. The van der Waals surface area contributed by atoms with Crippen molar-refractivity contribution in [1.29, 1.82) is 0 Å². The molecule has 0 aliphatic heterocycles. The van der Waals surface area contributed by atoms with Gasteiger partial charge in [-0.15, -0.1) is 5.10 Å². The van der Waals surface area contributed by atoms with Crippen LogP contribution in [-0.2, 0) is 16.1 Å². The fourth-order valence-corrected chi connectivity index (χ4v) is 9.78. The molecule has 0 radical (unpaired) electrons. The Balaban J connectivity index is 1.24. The Labute approximate surface area is 219 Å². The third-order valence-corrected chi connectivity index (χ3v) is 11.6. The third-order valence-electron chi connectivity index (χ3n) is 11.6. The molecule has 202 valence electrons. The lowest BCUT2D eigenvalue weighted by atomic mass is 9.43. The third kappa shape index (κ3) is 3.90. The second-order valence-corrected chi connectivity index (χ2v) is 13.5. The van der Waals surface area contributed by atoms with E-state index in [1.54, 1.807) is 17.7 Å². The quantitative estimate of drug-likeness (QED) is 0.575. The molecular weight excluding hydrogens is 469 g/mol. The average Bonchev–Trinajstić information content (AvgIpc) is 3.39. The molecule has 1 heterocycles.